The first-order chi connectivity index (χ1) is 19.1. The molecule has 2 aliphatic heterocycles. The molecule has 0 spiro atoms. The summed E-state index contributed by atoms with van der Waals surface area (Å²) in [6.07, 6.45) is 13.6. The summed E-state index contributed by atoms with van der Waals surface area (Å²) in [6, 6.07) is 15.2. The third kappa shape index (κ3) is 4.83. The topological polar surface area (TPSA) is 24.8 Å². The largest absolute Gasteiger partial charge is 0.457 e. The van der Waals surface area contributed by atoms with E-state index in [0.29, 0.717) is 5.76 Å². The summed E-state index contributed by atoms with van der Waals surface area (Å²) < 4.78 is 6.36. The number of benzene rings is 2. The van der Waals surface area contributed by atoms with Gasteiger partial charge in [0.15, 0.2) is 0 Å². The highest BCUT2D eigenvalue weighted by Gasteiger charge is 2.39. The molecule has 0 radical (unpaired) electrons. The Bertz CT molecular complexity index is 1520. The van der Waals surface area contributed by atoms with Crippen LogP contribution in [0.1, 0.15) is 70.6 Å². The Morgan fingerprint density at radius 1 is 1.00 bits per heavy atom. The number of aryl methyl sites for hydroxylation is 1. The molecule has 40 heavy (non-hydrogen) atoms. The molecule has 2 aromatic carbocycles. The average molecular weight is 531 g/mol. The highest BCUT2D eigenvalue weighted by Crippen LogP contribution is 2.48. The number of fused-ring (bicyclic) bond motifs is 2. The van der Waals surface area contributed by atoms with Gasteiger partial charge in [0.05, 0.1) is 11.4 Å². The number of anilines is 1. The quantitative estimate of drug-likeness (QED) is 0.263. The number of likely N-dealkylation sites (N-methyl/N-ethyl adjacent to an activating group) is 1. The van der Waals surface area contributed by atoms with E-state index in [0.717, 1.165) is 43.0 Å². The molecule has 3 nitrogen and oxygen atoms in total. The second-order valence-electron chi connectivity index (χ2n) is 12.1. The van der Waals surface area contributed by atoms with E-state index >= 15 is 0 Å². The number of allylic oxidation sites excluding steroid dienone is 8. The normalized spacial score (nSPS) is 21.1. The Hall–Kier alpha value is -3.85. The summed E-state index contributed by atoms with van der Waals surface area (Å²) in [4.78, 5) is 7.41. The highest BCUT2D eigenvalue weighted by molar-refractivity contribution is 6.08. The van der Waals surface area contributed by atoms with Crippen molar-refractivity contribution in [3.8, 4) is 0 Å². The summed E-state index contributed by atoms with van der Waals surface area (Å²) in [5.41, 5.74) is 10.9. The lowest BCUT2D eigenvalue weighted by Gasteiger charge is -2.26. The molecular weight excluding hydrogens is 488 g/mol. The van der Waals surface area contributed by atoms with Gasteiger partial charge in [0.25, 0.3) is 0 Å². The van der Waals surface area contributed by atoms with Crippen LogP contribution in [0.2, 0.25) is 0 Å². The minimum atomic E-state index is -0.137. The zero-order valence-corrected chi connectivity index (χ0v) is 25.0. The molecule has 0 bridgehead atoms. The predicted octanol–water partition coefficient (Wildman–Crippen LogP) is 9.70. The van der Waals surface area contributed by atoms with Crippen LogP contribution < -0.4 is 4.90 Å². The Labute approximate surface area is 240 Å². The number of aliphatic imine (C=N–C) groups is 1. The maximum absolute atomic E-state index is 6.36. The Morgan fingerprint density at radius 2 is 1.77 bits per heavy atom. The van der Waals surface area contributed by atoms with Gasteiger partial charge in [-0.15, -0.1) is 0 Å². The molecular formula is C37H42N2O. The number of para-hydroxylation sites is 1. The van der Waals surface area contributed by atoms with Crippen molar-refractivity contribution in [2.75, 3.05) is 11.4 Å². The van der Waals surface area contributed by atoms with E-state index in [2.05, 4.69) is 126 Å². The van der Waals surface area contributed by atoms with Gasteiger partial charge in [0, 0.05) is 28.8 Å². The van der Waals surface area contributed by atoms with E-state index in [1.807, 2.05) is 0 Å². The van der Waals surface area contributed by atoms with Gasteiger partial charge in [-0.1, -0.05) is 88.9 Å². The molecule has 0 N–H and O–H groups in total. The fourth-order valence-electron chi connectivity index (χ4n) is 6.27. The molecule has 3 heteroatoms. The van der Waals surface area contributed by atoms with Crippen LogP contribution in [0.15, 0.2) is 119 Å². The van der Waals surface area contributed by atoms with E-state index in [1.54, 1.807) is 6.08 Å². The number of hydrogen-bond acceptors (Lipinski definition) is 3. The van der Waals surface area contributed by atoms with E-state index in [1.165, 1.54) is 39.2 Å². The number of hydrogen-bond donors (Lipinski definition) is 0. The second kappa shape index (κ2) is 10.6. The maximum atomic E-state index is 6.36. The molecule has 3 aliphatic rings. The third-order valence-corrected chi connectivity index (χ3v) is 8.64. The maximum Gasteiger partial charge on any atom is 0.133 e. The number of nitrogens with zero attached hydrogens (tertiary/aromatic N) is 2. The fraction of sp³-hybridized carbons (Fsp3) is 0.324. The third-order valence-electron chi connectivity index (χ3n) is 8.64. The van der Waals surface area contributed by atoms with Gasteiger partial charge < -0.3 is 9.64 Å². The molecule has 0 aromatic heterocycles. The summed E-state index contributed by atoms with van der Waals surface area (Å²) in [6.45, 7) is 22.4. The van der Waals surface area contributed by atoms with Crippen LogP contribution in [0.3, 0.4) is 0 Å². The van der Waals surface area contributed by atoms with Crippen LogP contribution >= 0.6 is 0 Å². The van der Waals surface area contributed by atoms with Crippen LogP contribution in [0.25, 0.3) is 0 Å². The van der Waals surface area contributed by atoms with Crippen molar-refractivity contribution in [3.05, 3.63) is 131 Å². The van der Waals surface area contributed by atoms with Gasteiger partial charge in [-0.25, -0.2) is 0 Å². The molecule has 2 heterocycles. The van der Waals surface area contributed by atoms with Crippen LogP contribution in [-0.4, -0.2) is 12.3 Å². The second-order valence-corrected chi connectivity index (χ2v) is 12.1. The number of rotatable bonds is 7. The van der Waals surface area contributed by atoms with E-state index < -0.39 is 0 Å². The van der Waals surface area contributed by atoms with Gasteiger partial charge in [0.2, 0.25) is 0 Å². The molecule has 1 aliphatic carbocycles. The summed E-state index contributed by atoms with van der Waals surface area (Å²) in [5, 5.41) is 0. The average Bonchev–Trinajstić information content (AvgIpc) is 3.32. The van der Waals surface area contributed by atoms with Crippen molar-refractivity contribution in [2.45, 2.75) is 71.6 Å². The zero-order chi connectivity index (χ0) is 28.7. The lowest BCUT2D eigenvalue weighted by atomic mass is 9.81. The fourth-order valence-corrected chi connectivity index (χ4v) is 6.27. The van der Waals surface area contributed by atoms with Crippen LogP contribution in [0.5, 0.6) is 0 Å². The van der Waals surface area contributed by atoms with Crippen molar-refractivity contribution < 1.29 is 4.74 Å². The molecule has 0 saturated carbocycles. The minimum Gasteiger partial charge on any atom is -0.457 e. The summed E-state index contributed by atoms with van der Waals surface area (Å²) in [7, 11) is 0. The monoisotopic (exact) mass is 530 g/mol. The van der Waals surface area contributed by atoms with Gasteiger partial charge in [0.1, 0.15) is 11.5 Å². The molecule has 0 fully saturated rings. The zero-order valence-electron chi connectivity index (χ0n) is 25.0. The number of ether oxygens (including phenoxy) is 1. The SMILES string of the molecule is C=CC(=C)OC1=C(/C=C/C2=Nc3ccccc3C2(C)C)CCC/C1=C\C=C1\N(CC)c2ccc(C)cc2C1(C)C. The van der Waals surface area contributed by atoms with Crippen LogP contribution in [0, 0.1) is 6.92 Å². The lowest BCUT2D eigenvalue weighted by molar-refractivity contribution is 0.318. The Balaban J connectivity index is 1.54. The first-order valence-electron chi connectivity index (χ1n) is 14.5. The van der Waals surface area contributed by atoms with Gasteiger partial charge in [-0.2, -0.15) is 0 Å². The predicted molar refractivity (Wildman–Crippen MR) is 170 cm³/mol. The first-order valence-corrected chi connectivity index (χ1v) is 14.5. The van der Waals surface area contributed by atoms with E-state index in [4.69, 9.17) is 9.73 Å². The van der Waals surface area contributed by atoms with E-state index in [-0.39, 0.29) is 10.8 Å². The van der Waals surface area contributed by atoms with Crippen LogP contribution in [0.4, 0.5) is 11.4 Å². The minimum absolute atomic E-state index is 0.0809. The molecule has 5 rings (SSSR count). The molecule has 206 valence electrons. The van der Waals surface area contributed by atoms with Gasteiger partial charge >= 0.3 is 0 Å². The van der Waals surface area contributed by atoms with Crippen LogP contribution in [-0.2, 0) is 15.6 Å². The summed E-state index contributed by atoms with van der Waals surface area (Å²) >= 11 is 0. The van der Waals surface area contributed by atoms with Gasteiger partial charge in [-0.05, 0) is 85.7 Å². The van der Waals surface area contributed by atoms with Crippen molar-refractivity contribution >= 4 is 17.1 Å². The lowest BCUT2D eigenvalue weighted by Crippen LogP contribution is -2.25. The molecule has 0 amide bonds. The van der Waals surface area contributed by atoms with Crippen molar-refractivity contribution in [1.29, 1.82) is 0 Å². The Kier molecular flexibility index (Phi) is 7.35. The summed E-state index contributed by atoms with van der Waals surface area (Å²) in [5.74, 6) is 1.46. The molecule has 0 atom stereocenters. The highest BCUT2D eigenvalue weighted by atomic mass is 16.5. The van der Waals surface area contributed by atoms with Crippen molar-refractivity contribution in [2.24, 2.45) is 4.99 Å². The molecule has 2 aromatic rings. The van der Waals surface area contributed by atoms with Crippen molar-refractivity contribution in [3.63, 3.8) is 0 Å². The first kappa shape index (κ1) is 27.7. The standard InChI is InChI=1S/C37H42N2O/c1-9-26(4)40-35-27(19-22-33-36(5,6)29-16-11-12-17-31(29)38-33)14-13-15-28(35)20-23-34-37(7,8)30-24-25(3)18-21-32(30)39(34)10-2/h9,11-12,16-24H,1,4,10,13-15H2,2-3,5-8H3/b22-19+,28-20+,34-23+. The smallest absolute Gasteiger partial charge is 0.133 e. The Morgan fingerprint density at radius 3 is 2.50 bits per heavy atom. The molecule has 0 saturated heterocycles. The van der Waals surface area contributed by atoms with Gasteiger partial charge in [-0.3, -0.25) is 4.99 Å². The van der Waals surface area contributed by atoms with Crippen molar-refractivity contribution in [1.82, 2.24) is 0 Å². The molecule has 0 unspecified atom stereocenters. The van der Waals surface area contributed by atoms with E-state index in [9.17, 15) is 0 Å².